The van der Waals surface area contributed by atoms with Crippen molar-refractivity contribution in [2.45, 2.75) is 57.3 Å². The van der Waals surface area contributed by atoms with Crippen molar-refractivity contribution in [3.63, 3.8) is 0 Å². The van der Waals surface area contributed by atoms with Crippen LogP contribution in [0.15, 0.2) is 18.2 Å². The lowest BCUT2D eigenvalue weighted by Gasteiger charge is -2.36. The number of benzene rings is 1. The van der Waals surface area contributed by atoms with Crippen LogP contribution in [0.25, 0.3) is 0 Å². The van der Waals surface area contributed by atoms with Gasteiger partial charge in [0.15, 0.2) is 5.79 Å². The Balaban J connectivity index is 1.65. The molecule has 2 aliphatic rings. The second-order valence-electron chi connectivity index (χ2n) is 6.93. The second kappa shape index (κ2) is 8.73. The maximum Gasteiger partial charge on any atom is 0.340 e. The zero-order valence-electron chi connectivity index (χ0n) is 15.7. The van der Waals surface area contributed by atoms with E-state index in [2.05, 4.69) is 12.2 Å². The highest BCUT2D eigenvalue weighted by atomic mass is 16.7. The molecule has 1 aliphatic heterocycles. The summed E-state index contributed by atoms with van der Waals surface area (Å²) in [4.78, 5) is 12.2. The lowest BCUT2D eigenvalue weighted by molar-refractivity contribution is -0.177. The monoisotopic (exact) mass is 363 g/mol. The Morgan fingerprint density at radius 1 is 1.27 bits per heavy atom. The smallest absolute Gasteiger partial charge is 0.340 e. The largest absolute Gasteiger partial charge is 0.494 e. The Labute approximate surface area is 155 Å². The van der Waals surface area contributed by atoms with Crippen molar-refractivity contribution in [1.82, 2.24) is 0 Å². The predicted molar refractivity (Wildman–Crippen MR) is 98.7 cm³/mol. The predicted octanol–water partition coefficient (Wildman–Crippen LogP) is 3.75. The lowest BCUT2D eigenvalue weighted by Crippen LogP contribution is -2.39. The van der Waals surface area contributed by atoms with Crippen LogP contribution in [-0.2, 0) is 14.2 Å². The number of rotatable bonds is 7. The SMILES string of the molecule is CCCCOc1ccc(NC2CCC3(CC2)OCCO3)c(C(=O)OC)c1. The van der Waals surface area contributed by atoms with Gasteiger partial charge in [-0.25, -0.2) is 4.79 Å². The van der Waals surface area contributed by atoms with Gasteiger partial charge in [0.05, 0.1) is 32.5 Å². The van der Waals surface area contributed by atoms with E-state index in [4.69, 9.17) is 18.9 Å². The minimum Gasteiger partial charge on any atom is -0.494 e. The van der Waals surface area contributed by atoms with E-state index in [1.165, 1.54) is 7.11 Å². The van der Waals surface area contributed by atoms with Crippen LogP contribution in [0.4, 0.5) is 5.69 Å². The third-order valence-electron chi connectivity index (χ3n) is 5.08. The zero-order chi connectivity index (χ0) is 18.4. The molecule has 0 radical (unpaired) electrons. The van der Waals surface area contributed by atoms with E-state index in [0.717, 1.165) is 44.2 Å². The molecular weight excluding hydrogens is 334 g/mol. The van der Waals surface area contributed by atoms with Gasteiger partial charge in [-0.1, -0.05) is 13.3 Å². The van der Waals surface area contributed by atoms with E-state index in [9.17, 15) is 4.79 Å². The molecule has 6 nitrogen and oxygen atoms in total. The van der Waals surface area contributed by atoms with Gasteiger partial charge in [0.2, 0.25) is 0 Å². The number of carbonyl (C=O) groups excluding carboxylic acids is 1. The first-order valence-corrected chi connectivity index (χ1v) is 9.55. The molecule has 1 aliphatic carbocycles. The summed E-state index contributed by atoms with van der Waals surface area (Å²) in [5.41, 5.74) is 1.30. The van der Waals surface area contributed by atoms with Crippen LogP contribution in [0, 0.1) is 0 Å². The average molecular weight is 363 g/mol. The molecule has 0 atom stereocenters. The lowest BCUT2D eigenvalue weighted by atomic mass is 9.89. The molecule has 1 heterocycles. The number of ether oxygens (including phenoxy) is 4. The maximum absolute atomic E-state index is 12.2. The summed E-state index contributed by atoms with van der Waals surface area (Å²) in [6.45, 7) is 4.13. The van der Waals surface area contributed by atoms with Gasteiger partial charge < -0.3 is 24.3 Å². The molecule has 1 aromatic carbocycles. The molecule has 3 rings (SSSR count). The topological polar surface area (TPSA) is 66.0 Å². The van der Waals surface area contributed by atoms with Gasteiger partial charge in [0.25, 0.3) is 0 Å². The highest BCUT2D eigenvalue weighted by molar-refractivity contribution is 5.96. The maximum atomic E-state index is 12.2. The van der Waals surface area contributed by atoms with Crippen LogP contribution in [0.3, 0.4) is 0 Å². The Morgan fingerprint density at radius 2 is 2.00 bits per heavy atom. The summed E-state index contributed by atoms with van der Waals surface area (Å²) >= 11 is 0. The van der Waals surface area contributed by atoms with Gasteiger partial charge in [0, 0.05) is 24.6 Å². The van der Waals surface area contributed by atoms with E-state index in [-0.39, 0.29) is 17.8 Å². The first-order chi connectivity index (χ1) is 12.7. The number of methoxy groups -OCH3 is 1. The normalized spacial score (nSPS) is 19.5. The van der Waals surface area contributed by atoms with Crippen LogP contribution < -0.4 is 10.1 Å². The Kier molecular flexibility index (Phi) is 6.38. The van der Waals surface area contributed by atoms with Crippen molar-refractivity contribution in [3.8, 4) is 5.75 Å². The Morgan fingerprint density at radius 3 is 2.65 bits per heavy atom. The van der Waals surface area contributed by atoms with Crippen molar-refractivity contribution in [3.05, 3.63) is 23.8 Å². The summed E-state index contributed by atoms with van der Waals surface area (Å²) in [6.07, 6.45) is 5.68. The molecule has 144 valence electrons. The van der Waals surface area contributed by atoms with Crippen molar-refractivity contribution >= 4 is 11.7 Å². The van der Waals surface area contributed by atoms with Crippen LogP contribution in [0.2, 0.25) is 0 Å². The quantitative estimate of drug-likeness (QED) is 0.588. The number of carbonyl (C=O) groups is 1. The molecule has 1 saturated carbocycles. The summed E-state index contributed by atoms with van der Waals surface area (Å²) in [7, 11) is 1.40. The van der Waals surface area contributed by atoms with E-state index in [1.54, 1.807) is 6.07 Å². The van der Waals surface area contributed by atoms with Crippen molar-refractivity contribution in [2.75, 3.05) is 32.2 Å². The third kappa shape index (κ3) is 4.48. The van der Waals surface area contributed by atoms with Crippen LogP contribution in [0.5, 0.6) is 5.75 Å². The number of anilines is 1. The van der Waals surface area contributed by atoms with E-state index in [0.29, 0.717) is 31.1 Å². The molecule has 6 heteroatoms. The fourth-order valence-electron chi connectivity index (χ4n) is 3.56. The molecule has 1 spiro atoms. The highest BCUT2D eigenvalue weighted by Crippen LogP contribution is 2.37. The summed E-state index contributed by atoms with van der Waals surface area (Å²) in [6, 6.07) is 5.85. The molecule has 1 N–H and O–H groups in total. The second-order valence-corrected chi connectivity index (χ2v) is 6.93. The minimum absolute atomic E-state index is 0.281. The van der Waals surface area contributed by atoms with Gasteiger partial charge in [-0.05, 0) is 37.5 Å². The molecule has 1 saturated heterocycles. The van der Waals surface area contributed by atoms with E-state index in [1.807, 2.05) is 12.1 Å². The van der Waals surface area contributed by atoms with Gasteiger partial charge >= 0.3 is 5.97 Å². The summed E-state index contributed by atoms with van der Waals surface area (Å²) < 4.78 is 22.2. The van der Waals surface area contributed by atoms with Crippen LogP contribution >= 0.6 is 0 Å². The molecular formula is C20H29NO5. The van der Waals surface area contributed by atoms with Gasteiger partial charge in [-0.3, -0.25) is 0 Å². The average Bonchev–Trinajstić information content (AvgIpc) is 3.12. The molecule has 0 bridgehead atoms. The first-order valence-electron chi connectivity index (χ1n) is 9.55. The van der Waals surface area contributed by atoms with Crippen molar-refractivity contribution < 1.29 is 23.7 Å². The van der Waals surface area contributed by atoms with E-state index < -0.39 is 0 Å². The number of hydrogen-bond acceptors (Lipinski definition) is 6. The van der Waals surface area contributed by atoms with Gasteiger partial charge in [-0.2, -0.15) is 0 Å². The van der Waals surface area contributed by atoms with Crippen LogP contribution in [0.1, 0.15) is 55.8 Å². The summed E-state index contributed by atoms with van der Waals surface area (Å²) in [5.74, 6) is -0.0386. The molecule has 26 heavy (non-hydrogen) atoms. The fourth-order valence-corrected chi connectivity index (χ4v) is 3.56. The number of nitrogens with one attached hydrogen (secondary N) is 1. The molecule has 1 aromatic rings. The number of esters is 1. The molecule has 0 aromatic heterocycles. The zero-order valence-corrected chi connectivity index (χ0v) is 15.7. The molecule has 0 unspecified atom stereocenters. The third-order valence-corrected chi connectivity index (χ3v) is 5.08. The summed E-state index contributed by atoms with van der Waals surface area (Å²) in [5, 5.41) is 3.50. The minimum atomic E-state index is -0.375. The Hall–Kier alpha value is -1.79. The number of hydrogen-bond donors (Lipinski definition) is 1. The highest BCUT2D eigenvalue weighted by Gasteiger charge is 2.40. The standard InChI is InChI=1S/C20H29NO5/c1-3-4-11-24-16-5-6-18(17(14-16)19(22)23-2)21-15-7-9-20(10-8-15)25-12-13-26-20/h5-6,14-15,21H,3-4,7-13H2,1-2H3. The number of unbranched alkanes of at least 4 members (excludes halogenated alkanes) is 1. The molecule has 0 amide bonds. The Bertz CT molecular complexity index is 602. The molecule has 2 fully saturated rings. The van der Waals surface area contributed by atoms with E-state index >= 15 is 0 Å². The van der Waals surface area contributed by atoms with Crippen molar-refractivity contribution in [1.29, 1.82) is 0 Å². The van der Waals surface area contributed by atoms with Gasteiger partial charge in [-0.15, -0.1) is 0 Å². The van der Waals surface area contributed by atoms with Crippen LogP contribution in [-0.4, -0.2) is 44.7 Å². The van der Waals surface area contributed by atoms with Gasteiger partial charge in [0.1, 0.15) is 5.75 Å². The fraction of sp³-hybridized carbons (Fsp3) is 0.650. The first kappa shape index (κ1) is 19.0. The van der Waals surface area contributed by atoms with Crippen molar-refractivity contribution in [2.24, 2.45) is 0 Å².